The molecule has 0 aliphatic rings. The fraction of sp³-hybridized carbons (Fsp3) is 0.357. The van der Waals surface area contributed by atoms with Crippen molar-refractivity contribution in [2.45, 2.75) is 19.9 Å². The first-order valence-corrected chi connectivity index (χ1v) is 6.31. The van der Waals surface area contributed by atoms with Gasteiger partial charge < -0.3 is 15.1 Å². The number of guanidine groups is 1. The molecule has 1 aromatic carbocycles. The maximum Gasteiger partial charge on any atom is 0.255 e. The Morgan fingerprint density at radius 2 is 2.05 bits per heavy atom. The van der Waals surface area contributed by atoms with Crippen LogP contribution in [0.4, 0.5) is 8.78 Å². The normalized spacial score (nSPS) is 12.2. The average Bonchev–Trinajstić information content (AvgIpc) is 2.76. The van der Waals surface area contributed by atoms with Crippen LogP contribution in [0.3, 0.4) is 0 Å². The number of para-hydroxylation sites is 1. The van der Waals surface area contributed by atoms with E-state index in [1.807, 2.05) is 31.2 Å². The third kappa shape index (κ3) is 3.26. The van der Waals surface area contributed by atoms with Crippen molar-refractivity contribution in [3.8, 4) is 0 Å². The van der Waals surface area contributed by atoms with Crippen LogP contribution in [0.15, 0.2) is 33.7 Å². The molecule has 0 bridgehead atoms. The summed E-state index contributed by atoms with van der Waals surface area (Å²) in [6.45, 7) is 1.93. The van der Waals surface area contributed by atoms with E-state index in [0.29, 0.717) is 12.5 Å². The number of nitrogens with one attached hydrogen (secondary N) is 2. The minimum atomic E-state index is -2.42. The topological polar surface area (TPSA) is 49.6 Å². The molecule has 0 saturated heterocycles. The van der Waals surface area contributed by atoms with Crippen molar-refractivity contribution in [1.82, 2.24) is 10.6 Å². The van der Waals surface area contributed by atoms with Crippen molar-refractivity contribution in [3.63, 3.8) is 0 Å². The lowest BCUT2D eigenvalue weighted by atomic mass is 10.1. The van der Waals surface area contributed by atoms with E-state index >= 15 is 0 Å². The number of fused-ring (bicyclic) bond motifs is 1. The van der Waals surface area contributed by atoms with Crippen LogP contribution in [0, 0.1) is 6.92 Å². The summed E-state index contributed by atoms with van der Waals surface area (Å²) in [6, 6.07) is 7.74. The highest BCUT2D eigenvalue weighted by Gasteiger charge is 2.10. The average molecular weight is 281 g/mol. The van der Waals surface area contributed by atoms with E-state index in [2.05, 4.69) is 15.6 Å². The summed E-state index contributed by atoms with van der Waals surface area (Å²) in [5.41, 5.74) is 1.86. The zero-order chi connectivity index (χ0) is 14.5. The van der Waals surface area contributed by atoms with E-state index in [1.165, 1.54) is 7.05 Å². The molecule has 2 aromatic rings. The molecule has 0 spiro atoms. The van der Waals surface area contributed by atoms with Crippen molar-refractivity contribution in [3.05, 3.63) is 35.6 Å². The predicted molar refractivity (Wildman–Crippen MR) is 75.2 cm³/mol. The minimum absolute atomic E-state index is 0.324. The van der Waals surface area contributed by atoms with Gasteiger partial charge in [0.05, 0.1) is 13.1 Å². The van der Waals surface area contributed by atoms with Crippen LogP contribution in [0.1, 0.15) is 11.3 Å². The van der Waals surface area contributed by atoms with Gasteiger partial charge in [0.2, 0.25) is 0 Å². The molecule has 108 valence electrons. The molecule has 0 radical (unpaired) electrons. The molecular weight excluding hydrogens is 264 g/mol. The number of alkyl halides is 2. The van der Waals surface area contributed by atoms with Gasteiger partial charge >= 0.3 is 0 Å². The zero-order valence-corrected chi connectivity index (χ0v) is 11.4. The third-order valence-electron chi connectivity index (χ3n) is 3.01. The number of nitrogens with zero attached hydrogens (tertiary/aromatic N) is 1. The van der Waals surface area contributed by atoms with E-state index in [4.69, 9.17) is 4.42 Å². The molecule has 2 N–H and O–H groups in total. The number of furan rings is 1. The summed E-state index contributed by atoms with van der Waals surface area (Å²) >= 11 is 0. The van der Waals surface area contributed by atoms with Gasteiger partial charge in [-0.3, -0.25) is 4.99 Å². The summed E-state index contributed by atoms with van der Waals surface area (Å²) in [5.74, 6) is 1.09. The van der Waals surface area contributed by atoms with Gasteiger partial charge in [0.15, 0.2) is 5.96 Å². The first-order chi connectivity index (χ1) is 9.61. The number of aryl methyl sites for hydroxylation is 1. The number of rotatable bonds is 4. The van der Waals surface area contributed by atoms with Gasteiger partial charge in [-0.15, -0.1) is 0 Å². The SMILES string of the molecule is CN=C(NCc1oc2ccccc2c1C)NCC(F)F. The van der Waals surface area contributed by atoms with Crippen molar-refractivity contribution in [1.29, 1.82) is 0 Å². The molecule has 0 saturated carbocycles. The molecule has 1 aromatic heterocycles. The van der Waals surface area contributed by atoms with Gasteiger partial charge in [-0.1, -0.05) is 18.2 Å². The molecule has 2 rings (SSSR count). The predicted octanol–water partition coefficient (Wildman–Crippen LogP) is 2.67. The fourth-order valence-corrected chi connectivity index (χ4v) is 1.95. The Kier molecular flexibility index (Phi) is 4.55. The molecule has 0 aliphatic carbocycles. The summed E-state index contributed by atoms with van der Waals surface area (Å²) in [5, 5.41) is 6.55. The second-order valence-electron chi connectivity index (χ2n) is 4.34. The van der Waals surface area contributed by atoms with Gasteiger partial charge in [0.25, 0.3) is 6.43 Å². The Hall–Kier alpha value is -2.11. The Balaban J connectivity index is 2.03. The molecule has 0 aliphatic heterocycles. The van der Waals surface area contributed by atoms with Gasteiger partial charge in [-0.25, -0.2) is 8.78 Å². The van der Waals surface area contributed by atoms with Gasteiger partial charge in [-0.05, 0) is 13.0 Å². The third-order valence-corrected chi connectivity index (χ3v) is 3.01. The number of halogens is 2. The summed E-state index contributed by atoms with van der Waals surface area (Å²) in [6.07, 6.45) is -2.42. The van der Waals surface area contributed by atoms with E-state index in [9.17, 15) is 8.78 Å². The van der Waals surface area contributed by atoms with Crippen molar-refractivity contribution in [2.24, 2.45) is 4.99 Å². The van der Waals surface area contributed by atoms with E-state index in [0.717, 1.165) is 22.3 Å². The Bertz CT molecular complexity index is 607. The lowest BCUT2D eigenvalue weighted by Gasteiger charge is -2.10. The summed E-state index contributed by atoms with van der Waals surface area (Å²) in [7, 11) is 1.53. The van der Waals surface area contributed by atoms with Crippen LogP contribution < -0.4 is 10.6 Å². The number of aliphatic imine (C=N–C) groups is 1. The maximum atomic E-state index is 12.1. The molecule has 20 heavy (non-hydrogen) atoms. The number of benzene rings is 1. The van der Waals surface area contributed by atoms with E-state index in [1.54, 1.807) is 0 Å². The molecule has 0 atom stereocenters. The molecule has 0 fully saturated rings. The Labute approximate surface area is 115 Å². The standard InChI is InChI=1S/C14H17F2N3O/c1-9-10-5-3-4-6-11(10)20-12(9)7-18-14(17-2)19-8-13(15)16/h3-6,13H,7-8H2,1-2H3,(H2,17,18,19). The highest BCUT2D eigenvalue weighted by molar-refractivity contribution is 5.82. The Morgan fingerprint density at radius 3 is 2.70 bits per heavy atom. The second-order valence-corrected chi connectivity index (χ2v) is 4.34. The van der Waals surface area contributed by atoms with Crippen LogP contribution >= 0.6 is 0 Å². The zero-order valence-electron chi connectivity index (χ0n) is 11.4. The second kappa shape index (κ2) is 6.36. The maximum absolute atomic E-state index is 12.1. The smallest absolute Gasteiger partial charge is 0.255 e. The summed E-state index contributed by atoms with van der Waals surface area (Å²) < 4.78 is 30.0. The molecule has 0 unspecified atom stereocenters. The summed E-state index contributed by atoms with van der Waals surface area (Å²) in [4.78, 5) is 3.88. The molecule has 1 heterocycles. The lowest BCUT2D eigenvalue weighted by molar-refractivity contribution is 0.152. The molecule has 0 amide bonds. The fourth-order valence-electron chi connectivity index (χ4n) is 1.95. The lowest BCUT2D eigenvalue weighted by Crippen LogP contribution is -2.39. The molecule has 4 nitrogen and oxygen atoms in total. The highest BCUT2D eigenvalue weighted by Crippen LogP contribution is 2.24. The minimum Gasteiger partial charge on any atom is -0.459 e. The molecular formula is C14H17F2N3O. The first kappa shape index (κ1) is 14.3. The molecule has 6 heteroatoms. The number of hydrogen-bond donors (Lipinski definition) is 2. The quantitative estimate of drug-likeness (QED) is 0.669. The van der Waals surface area contributed by atoms with E-state index < -0.39 is 13.0 Å². The highest BCUT2D eigenvalue weighted by atomic mass is 19.3. The van der Waals surface area contributed by atoms with Crippen LogP contribution in [-0.4, -0.2) is 26.0 Å². The van der Waals surface area contributed by atoms with Crippen molar-refractivity contribution in [2.75, 3.05) is 13.6 Å². The number of hydrogen-bond acceptors (Lipinski definition) is 2. The van der Waals surface area contributed by atoms with Crippen molar-refractivity contribution < 1.29 is 13.2 Å². The Morgan fingerprint density at radius 1 is 1.30 bits per heavy atom. The van der Waals surface area contributed by atoms with Gasteiger partial charge in [-0.2, -0.15) is 0 Å². The van der Waals surface area contributed by atoms with E-state index in [-0.39, 0.29) is 0 Å². The van der Waals surface area contributed by atoms with Crippen LogP contribution in [0.2, 0.25) is 0 Å². The monoisotopic (exact) mass is 281 g/mol. The van der Waals surface area contributed by atoms with Gasteiger partial charge in [0.1, 0.15) is 11.3 Å². The van der Waals surface area contributed by atoms with Crippen LogP contribution in [0.5, 0.6) is 0 Å². The van der Waals surface area contributed by atoms with Crippen molar-refractivity contribution >= 4 is 16.9 Å². The van der Waals surface area contributed by atoms with Crippen LogP contribution in [0.25, 0.3) is 11.0 Å². The largest absolute Gasteiger partial charge is 0.459 e. The van der Waals surface area contributed by atoms with Gasteiger partial charge in [0, 0.05) is 18.0 Å². The van der Waals surface area contributed by atoms with Crippen LogP contribution in [-0.2, 0) is 6.54 Å². The first-order valence-electron chi connectivity index (χ1n) is 6.31.